The SMILES string of the molecule is COc1ccc(-c2ccc(=O)n(-c3cccc(CF)c3)c2)cc1. The van der Waals surface area contributed by atoms with E-state index < -0.39 is 6.67 Å². The van der Waals surface area contributed by atoms with Gasteiger partial charge in [0.1, 0.15) is 12.4 Å². The molecule has 0 spiro atoms. The highest BCUT2D eigenvalue weighted by Gasteiger charge is 2.05. The minimum absolute atomic E-state index is 0.154. The van der Waals surface area contributed by atoms with Crippen molar-refractivity contribution in [1.29, 1.82) is 0 Å². The molecule has 116 valence electrons. The van der Waals surface area contributed by atoms with Crippen LogP contribution in [0.3, 0.4) is 0 Å². The normalized spacial score (nSPS) is 10.5. The largest absolute Gasteiger partial charge is 0.497 e. The van der Waals surface area contributed by atoms with Gasteiger partial charge in [-0.1, -0.05) is 24.3 Å². The molecule has 0 bridgehead atoms. The first kappa shape index (κ1) is 15.0. The molecule has 0 unspecified atom stereocenters. The molecule has 3 aromatic rings. The molecule has 0 N–H and O–H groups in total. The monoisotopic (exact) mass is 309 g/mol. The predicted molar refractivity (Wildman–Crippen MR) is 88.8 cm³/mol. The third-order valence-corrected chi connectivity index (χ3v) is 3.68. The standard InChI is InChI=1S/C19H16FNO2/c1-23-18-8-5-15(6-9-18)16-7-10-19(22)21(13-16)17-4-2-3-14(11-17)12-20/h2-11,13H,12H2,1H3. The van der Waals surface area contributed by atoms with Crippen molar-refractivity contribution < 1.29 is 9.13 Å². The molecule has 0 amide bonds. The van der Waals surface area contributed by atoms with Gasteiger partial charge in [0.05, 0.1) is 7.11 Å². The molecule has 0 fully saturated rings. The molecule has 0 aliphatic carbocycles. The number of hydrogen-bond acceptors (Lipinski definition) is 2. The van der Waals surface area contributed by atoms with Crippen LogP contribution in [0.4, 0.5) is 4.39 Å². The summed E-state index contributed by atoms with van der Waals surface area (Å²) in [5, 5.41) is 0. The van der Waals surface area contributed by atoms with Crippen molar-refractivity contribution in [1.82, 2.24) is 4.57 Å². The third kappa shape index (κ3) is 3.16. The van der Waals surface area contributed by atoms with Crippen LogP contribution in [0.2, 0.25) is 0 Å². The molecule has 1 aromatic heterocycles. The van der Waals surface area contributed by atoms with E-state index in [-0.39, 0.29) is 5.56 Å². The van der Waals surface area contributed by atoms with Crippen LogP contribution in [0.15, 0.2) is 71.7 Å². The average molecular weight is 309 g/mol. The fourth-order valence-electron chi connectivity index (χ4n) is 2.43. The second kappa shape index (κ2) is 6.48. The van der Waals surface area contributed by atoms with Crippen LogP contribution >= 0.6 is 0 Å². The van der Waals surface area contributed by atoms with Crippen LogP contribution in [0.5, 0.6) is 5.75 Å². The maximum absolute atomic E-state index is 12.8. The Morgan fingerprint density at radius 3 is 2.43 bits per heavy atom. The van der Waals surface area contributed by atoms with Crippen molar-refractivity contribution in [3.05, 3.63) is 82.8 Å². The molecule has 1 heterocycles. The van der Waals surface area contributed by atoms with E-state index in [4.69, 9.17) is 4.74 Å². The van der Waals surface area contributed by atoms with E-state index in [1.807, 2.05) is 24.3 Å². The molecule has 0 saturated carbocycles. The van der Waals surface area contributed by atoms with Crippen molar-refractivity contribution in [3.63, 3.8) is 0 Å². The molecule has 0 atom stereocenters. The first-order valence-electron chi connectivity index (χ1n) is 7.23. The number of halogens is 1. The predicted octanol–water partition coefficient (Wildman–Crippen LogP) is 3.98. The average Bonchev–Trinajstić information content (AvgIpc) is 2.62. The number of methoxy groups -OCH3 is 1. The van der Waals surface area contributed by atoms with Gasteiger partial charge in [0.25, 0.3) is 5.56 Å². The quantitative estimate of drug-likeness (QED) is 0.730. The van der Waals surface area contributed by atoms with E-state index in [1.165, 1.54) is 10.6 Å². The lowest BCUT2D eigenvalue weighted by Crippen LogP contribution is -2.16. The van der Waals surface area contributed by atoms with Crippen molar-refractivity contribution in [3.8, 4) is 22.6 Å². The lowest BCUT2D eigenvalue weighted by atomic mass is 10.1. The summed E-state index contributed by atoms with van der Waals surface area (Å²) in [6.07, 6.45) is 1.77. The Morgan fingerprint density at radius 1 is 1.00 bits per heavy atom. The van der Waals surface area contributed by atoms with Gasteiger partial charge < -0.3 is 4.74 Å². The highest BCUT2D eigenvalue weighted by Crippen LogP contribution is 2.22. The highest BCUT2D eigenvalue weighted by molar-refractivity contribution is 5.63. The highest BCUT2D eigenvalue weighted by atomic mass is 19.1. The second-order valence-corrected chi connectivity index (χ2v) is 5.16. The van der Waals surface area contributed by atoms with Gasteiger partial charge in [0, 0.05) is 18.0 Å². The zero-order valence-corrected chi connectivity index (χ0v) is 12.7. The summed E-state index contributed by atoms with van der Waals surface area (Å²) in [7, 11) is 1.62. The molecule has 3 nitrogen and oxygen atoms in total. The summed E-state index contributed by atoms with van der Waals surface area (Å²) in [4.78, 5) is 12.2. The summed E-state index contributed by atoms with van der Waals surface area (Å²) < 4.78 is 19.5. The van der Waals surface area contributed by atoms with Gasteiger partial charge in [-0.15, -0.1) is 0 Å². The van der Waals surface area contributed by atoms with Crippen LogP contribution < -0.4 is 10.3 Å². The molecule has 0 aliphatic heterocycles. The summed E-state index contributed by atoms with van der Waals surface area (Å²) in [6.45, 7) is -0.555. The first-order chi connectivity index (χ1) is 11.2. The molecular weight excluding hydrogens is 293 g/mol. The fraction of sp³-hybridized carbons (Fsp3) is 0.105. The molecule has 4 heteroatoms. The molecule has 0 radical (unpaired) electrons. The number of hydrogen-bond donors (Lipinski definition) is 0. The molecular formula is C19H16FNO2. The third-order valence-electron chi connectivity index (χ3n) is 3.68. The van der Waals surface area contributed by atoms with E-state index in [9.17, 15) is 9.18 Å². The Hall–Kier alpha value is -2.88. The number of pyridine rings is 1. The zero-order valence-electron chi connectivity index (χ0n) is 12.7. The van der Waals surface area contributed by atoms with Crippen LogP contribution in [0.25, 0.3) is 16.8 Å². The molecule has 0 saturated heterocycles. The van der Waals surface area contributed by atoms with Crippen molar-refractivity contribution in [2.24, 2.45) is 0 Å². The summed E-state index contributed by atoms with van der Waals surface area (Å²) in [5.41, 5.74) is 2.92. The summed E-state index contributed by atoms with van der Waals surface area (Å²) >= 11 is 0. The topological polar surface area (TPSA) is 31.2 Å². The lowest BCUT2D eigenvalue weighted by Gasteiger charge is -2.10. The van der Waals surface area contributed by atoms with Gasteiger partial charge in [-0.3, -0.25) is 9.36 Å². The van der Waals surface area contributed by atoms with Gasteiger partial charge in [-0.05, 0) is 47.0 Å². The number of ether oxygens (including phenoxy) is 1. The van der Waals surface area contributed by atoms with Crippen molar-refractivity contribution >= 4 is 0 Å². The number of aromatic nitrogens is 1. The van der Waals surface area contributed by atoms with E-state index in [2.05, 4.69) is 0 Å². The molecule has 0 aliphatic rings. The fourth-order valence-corrected chi connectivity index (χ4v) is 2.43. The first-order valence-corrected chi connectivity index (χ1v) is 7.23. The van der Waals surface area contributed by atoms with Crippen LogP contribution in [0, 0.1) is 0 Å². The van der Waals surface area contributed by atoms with E-state index in [0.717, 1.165) is 16.9 Å². The molecule has 3 rings (SSSR count). The molecule has 23 heavy (non-hydrogen) atoms. The Balaban J connectivity index is 2.06. The second-order valence-electron chi connectivity index (χ2n) is 5.16. The van der Waals surface area contributed by atoms with Gasteiger partial charge in [-0.2, -0.15) is 0 Å². The summed E-state index contributed by atoms with van der Waals surface area (Å²) in [6, 6.07) is 17.8. The van der Waals surface area contributed by atoms with Crippen molar-refractivity contribution in [2.45, 2.75) is 6.67 Å². The Bertz CT molecular complexity index is 869. The number of benzene rings is 2. The minimum Gasteiger partial charge on any atom is -0.497 e. The van der Waals surface area contributed by atoms with E-state index in [1.54, 1.807) is 43.6 Å². The Kier molecular flexibility index (Phi) is 4.24. The zero-order chi connectivity index (χ0) is 16.2. The lowest BCUT2D eigenvalue weighted by molar-refractivity contribution is 0.415. The Morgan fingerprint density at radius 2 is 1.74 bits per heavy atom. The van der Waals surface area contributed by atoms with E-state index >= 15 is 0 Å². The van der Waals surface area contributed by atoms with Crippen LogP contribution in [-0.4, -0.2) is 11.7 Å². The number of alkyl halides is 1. The van der Waals surface area contributed by atoms with Gasteiger partial charge in [0.15, 0.2) is 0 Å². The van der Waals surface area contributed by atoms with Gasteiger partial charge in [0.2, 0.25) is 0 Å². The maximum Gasteiger partial charge on any atom is 0.255 e. The van der Waals surface area contributed by atoms with Crippen LogP contribution in [-0.2, 0) is 6.67 Å². The number of rotatable bonds is 4. The smallest absolute Gasteiger partial charge is 0.255 e. The minimum atomic E-state index is -0.555. The van der Waals surface area contributed by atoms with Gasteiger partial charge >= 0.3 is 0 Å². The van der Waals surface area contributed by atoms with Crippen LogP contribution in [0.1, 0.15) is 5.56 Å². The van der Waals surface area contributed by atoms with E-state index in [0.29, 0.717) is 11.3 Å². The van der Waals surface area contributed by atoms with Crippen molar-refractivity contribution in [2.75, 3.05) is 7.11 Å². The number of nitrogens with zero attached hydrogens (tertiary/aromatic N) is 1. The Labute approximate surface area is 133 Å². The molecule has 2 aromatic carbocycles. The summed E-state index contributed by atoms with van der Waals surface area (Å²) in [5.74, 6) is 0.776. The van der Waals surface area contributed by atoms with Gasteiger partial charge in [-0.25, -0.2) is 4.39 Å². The maximum atomic E-state index is 12.8.